The van der Waals surface area contributed by atoms with Crippen LogP contribution in [0.25, 0.3) is 0 Å². The quantitative estimate of drug-likeness (QED) is 0.697. The zero-order valence-electron chi connectivity index (χ0n) is 12.4. The van der Waals surface area contributed by atoms with E-state index in [-0.39, 0.29) is 22.6 Å². The molecule has 3 N–H and O–H groups in total. The van der Waals surface area contributed by atoms with Crippen molar-refractivity contribution in [1.29, 1.82) is 0 Å². The lowest BCUT2D eigenvalue weighted by Gasteiger charge is -2.08. The van der Waals surface area contributed by atoms with Gasteiger partial charge in [0, 0.05) is 15.6 Å². The van der Waals surface area contributed by atoms with Crippen LogP contribution in [-0.2, 0) is 0 Å². The zero-order chi connectivity index (χ0) is 17.6. The van der Waals surface area contributed by atoms with E-state index in [1.807, 2.05) is 13.8 Å². The number of phenols is 1. The Labute approximate surface area is 143 Å². The highest BCUT2D eigenvalue weighted by atomic mass is 35.5. The first-order chi connectivity index (χ1) is 10.9. The van der Waals surface area contributed by atoms with E-state index in [1.54, 1.807) is 0 Å². The van der Waals surface area contributed by atoms with Crippen LogP contribution in [0.4, 0.5) is 5.69 Å². The molecule has 122 valence electrons. The first-order valence-corrected chi connectivity index (χ1v) is 7.46. The summed E-state index contributed by atoms with van der Waals surface area (Å²) in [6.07, 6.45) is 0. The van der Waals surface area contributed by atoms with Gasteiger partial charge < -0.3 is 15.5 Å². The molecule has 1 amide bonds. The molecule has 0 radical (unpaired) electrons. The molecule has 2 rings (SSSR count). The molecule has 2 aromatic carbocycles. The summed E-state index contributed by atoms with van der Waals surface area (Å²) in [5.74, 6) is -2.06. The van der Waals surface area contributed by atoms with Crippen molar-refractivity contribution in [3.8, 4) is 5.75 Å². The average Bonchev–Trinajstić information content (AvgIpc) is 2.50. The molecule has 7 heteroatoms. The van der Waals surface area contributed by atoms with Crippen molar-refractivity contribution >= 4 is 40.8 Å². The van der Waals surface area contributed by atoms with Crippen molar-refractivity contribution in [2.45, 2.75) is 13.8 Å². The molecule has 0 saturated carbocycles. The normalized spacial score (nSPS) is 9.57. The molecule has 2 aromatic rings. The molecule has 0 bridgehead atoms. The summed E-state index contributed by atoms with van der Waals surface area (Å²) in [4.78, 5) is 22.8. The number of benzene rings is 2. The Morgan fingerprint density at radius 2 is 1.52 bits per heavy atom. The number of amides is 1. The number of aromatic carboxylic acids is 1. The topological polar surface area (TPSA) is 86.6 Å². The molecule has 0 unspecified atom stereocenters. The number of hydrogen-bond acceptors (Lipinski definition) is 3. The van der Waals surface area contributed by atoms with Crippen LogP contribution in [0.1, 0.15) is 34.6 Å². The Kier molecular flexibility index (Phi) is 6.88. The Balaban J connectivity index is 0.00000127. The van der Waals surface area contributed by atoms with E-state index >= 15 is 0 Å². The lowest BCUT2D eigenvalue weighted by Crippen LogP contribution is -2.12. The Morgan fingerprint density at radius 1 is 0.957 bits per heavy atom. The summed E-state index contributed by atoms with van der Waals surface area (Å²) in [5, 5.41) is 21.6. The minimum absolute atomic E-state index is 0.0843. The third kappa shape index (κ3) is 5.16. The van der Waals surface area contributed by atoms with E-state index in [1.165, 1.54) is 30.3 Å². The predicted molar refractivity (Wildman–Crippen MR) is 90.8 cm³/mol. The molecule has 0 atom stereocenters. The molecule has 0 aliphatic heterocycles. The van der Waals surface area contributed by atoms with Gasteiger partial charge in [-0.1, -0.05) is 37.0 Å². The fourth-order valence-electron chi connectivity index (χ4n) is 1.65. The standard InChI is InChI=1S/C14H9Cl2NO4.C2H6/c15-9-3-8(4-10(16)6-9)13(19)17-11-2-1-7(14(20)21)5-12(11)18;1-2/h1-6,18H,(H,17,19)(H,20,21);1-2H3. The highest BCUT2D eigenvalue weighted by Crippen LogP contribution is 2.26. The van der Waals surface area contributed by atoms with Gasteiger partial charge in [-0.25, -0.2) is 4.79 Å². The predicted octanol–water partition coefficient (Wildman–Crippen LogP) is 4.68. The number of phenolic OH excluding ortho intramolecular Hbond substituents is 1. The number of rotatable bonds is 3. The Bertz CT molecular complexity index is 712. The van der Waals surface area contributed by atoms with Crippen molar-refractivity contribution in [1.82, 2.24) is 0 Å². The minimum atomic E-state index is -1.18. The van der Waals surface area contributed by atoms with Gasteiger partial charge in [0.05, 0.1) is 11.3 Å². The van der Waals surface area contributed by atoms with Crippen molar-refractivity contribution in [3.05, 3.63) is 57.6 Å². The van der Waals surface area contributed by atoms with Crippen LogP contribution in [0, 0.1) is 0 Å². The number of carbonyl (C=O) groups is 2. The van der Waals surface area contributed by atoms with Gasteiger partial charge in [-0.15, -0.1) is 0 Å². The second-order valence-electron chi connectivity index (χ2n) is 4.15. The summed E-state index contributed by atoms with van der Waals surface area (Å²) in [7, 11) is 0. The number of anilines is 1. The number of aromatic hydroxyl groups is 1. The van der Waals surface area contributed by atoms with E-state index in [2.05, 4.69) is 5.32 Å². The van der Waals surface area contributed by atoms with Gasteiger partial charge in [-0.05, 0) is 36.4 Å². The third-order valence-corrected chi connectivity index (χ3v) is 3.05. The van der Waals surface area contributed by atoms with E-state index in [0.29, 0.717) is 10.0 Å². The van der Waals surface area contributed by atoms with Crippen LogP contribution in [0.15, 0.2) is 36.4 Å². The lowest BCUT2D eigenvalue weighted by molar-refractivity contribution is 0.0696. The molecular weight excluding hydrogens is 341 g/mol. The van der Waals surface area contributed by atoms with Crippen LogP contribution < -0.4 is 5.32 Å². The molecule has 0 aliphatic carbocycles. The molecule has 23 heavy (non-hydrogen) atoms. The smallest absolute Gasteiger partial charge is 0.335 e. The Morgan fingerprint density at radius 3 is 2.00 bits per heavy atom. The first-order valence-electron chi connectivity index (χ1n) is 6.70. The fraction of sp³-hybridized carbons (Fsp3) is 0.125. The number of carboxylic acids is 1. The van der Waals surface area contributed by atoms with E-state index in [9.17, 15) is 14.7 Å². The van der Waals surface area contributed by atoms with Gasteiger partial charge >= 0.3 is 5.97 Å². The van der Waals surface area contributed by atoms with Crippen LogP contribution in [0.3, 0.4) is 0 Å². The number of carboxylic acid groups (broad SMARTS) is 1. The number of nitrogens with one attached hydrogen (secondary N) is 1. The number of hydrogen-bond donors (Lipinski definition) is 3. The van der Waals surface area contributed by atoms with E-state index < -0.39 is 11.9 Å². The third-order valence-electron chi connectivity index (χ3n) is 2.62. The lowest BCUT2D eigenvalue weighted by atomic mass is 10.1. The van der Waals surface area contributed by atoms with Crippen molar-refractivity contribution in [3.63, 3.8) is 0 Å². The summed E-state index contributed by atoms with van der Waals surface area (Å²) >= 11 is 11.6. The van der Waals surface area contributed by atoms with Crippen LogP contribution in [0.5, 0.6) is 5.75 Å². The fourth-order valence-corrected chi connectivity index (χ4v) is 2.18. The molecule has 0 saturated heterocycles. The first kappa shape index (κ1) is 18.8. The largest absolute Gasteiger partial charge is 0.506 e. The SMILES string of the molecule is CC.O=C(O)c1ccc(NC(=O)c2cc(Cl)cc(Cl)c2)c(O)c1. The van der Waals surface area contributed by atoms with Gasteiger partial charge in [0.2, 0.25) is 0 Å². The second-order valence-corrected chi connectivity index (χ2v) is 5.02. The van der Waals surface area contributed by atoms with Gasteiger partial charge in [0.1, 0.15) is 5.75 Å². The summed E-state index contributed by atoms with van der Waals surface area (Å²) < 4.78 is 0. The molecule has 0 aromatic heterocycles. The highest BCUT2D eigenvalue weighted by molar-refractivity contribution is 6.35. The Hall–Kier alpha value is -2.24. The average molecular weight is 356 g/mol. The molecule has 0 aliphatic rings. The van der Waals surface area contributed by atoms with Crippen LogP contribution >= 0.6 is 23.2 Å². The van der Waals surface area contributed by atoms with Crippen LogP contribution in [-0.4, -0.2) is 22.1 Å². The van der Waals surface area contributed by atoms with E-state index in [0.717, 1.165) is 6.07 Å². The molecule has 5 nitrogen and oxygen atoms in total. The molecule has 0 fully saturated rings. The maximum absolute atomic E-state index is 12.0. The van der Waals surface area contributed by atoms with Gasteiger partial charge in [0.25, 0.3) is 5.91 Å². The summed E-state index contributed by atoms with van der Waals surface area (Å²) in [5.41, 5.74) is 0.214. The number of halogens is 2. The van der Waals surface area contributed by atoms with Gasteiger partial charge in [-0.3, -0.25) is 4.79 Å². The zero-order valence-corrected chi connectivity index (χ0v) is 13.9. The molecular formula is C16H15Cl2NO4. The van der Waals surface area contributed by atoms with Crippen molar-refractivity contribution in [2.75, 3.05) is 5.32 Å². The molecule has 0 spiro atoms. The summed E-state index contributed by atoms with van der Waals surface area (Å²) in [6, 6.07) is 7.93. The van der Waals surface area contributed by atoms with Crippen LogP contribution in [0.2, 0.25) is 10.0 Å². The maximum Gasteiger partial charge on any atom is 0.335 e. The molecule has 0 heterocycles. The van der Waals surface area contributed by atoms with Crippen molar-refractivity contribution < 1.29 is 19.8 Å². The monoisotopic (exact) mass is 355 g/mol. The van der Waals surface area contributed by atoms with Gasteiger partial charge in [0.15, 0.2) is 0 Å². The van der Waals surface area contributed by atoms with Gasteiger partial charge in [-0.2, -0.15) is 0 Å². The minimum Gasteiger partial charge on any atom is -0.506 e. The maximum atomic E-state index is 12.0. The summed E-state index contributed by atoms with van der Waals surface area (Å²) in [6.45, 7) is 4.00. The van der Waals surface area contributed by atoms with Crippen molar-refractivity contribution in [2.24, 2.45) is 0 Å². The number of carbonyl (C=O) groups excluding carboxylic acids is 1. The highest BCUT2D eigenvalue weighted by Gasteiger charge is 2.12. The van der Waals surface area contributed by atoms with E-state index in [4.69, 9.17) is 28.3 Å². The second kappa shape index (κ2) is 8.41.